The van der Waals surface area contributed by atoms with Crippen molar-refractivity contribution in [2.45, 2.75) is 62.7 Å². The van der Waals surface area contributed by atoms with Gasteiger partial charge in [-0.3, -0.25) is 0 Å². The summed E-state index contributed by atoms with van der Waals surface area (Å²) in [6.45, 7) is 1.16. The number of aliphatic hydroxyl groups excluding tert-OH is 1. The molecule has 2 fully saturated rings. The van der Waals surface area contributed by atoms with Crippen molar-refractivity contribution in [1.29, 1.82) is 0 Å². The van der Waals surface area contributed by atoms with E-state index in [1.54, 1.807) is 0 Å². The highest BCUT2D eigenvalue weighted by molar-refractivity contribution is 9.09. The molecule has 0 spiro atoms. The van der Waals surface area contributed by atoms with Gasteiger partial charge < -0.3 is 28.8 Å². The van der Waals surface area contributed by atoms with E-state index in [0.29, 0.717) is 13.2 Å². The number of alkyl halides is 1. The minimum absolute atomic E-state index is 0.167. The Morgan fingerprint density at radius 1 is 0.758 bits per heavy atom. The second-order valence-corrected chi connectivity index (χ2v) is 9.23. The Morgan fingerprint density at radius 3 is 1.97 bits per heavy atom. The lowest BCUT2D eigenvalue weighted by Gasteiger charge is -2.44. The van der Waals surface area contributed by atoms with Crippen LogP contribution in [0.15, 0.2) is 60.7 Å². The van der Waals surface area contributed by atoms with E-state index in [1.165, 1.54) is 12.8 Å². The minimum atomic E-state index is -0.825. The maximum Gasteiger partial charge on any atom is 0.184 e. The van der Waals surface area contributed by atoms with Crippen LogP contribution in [-0.4, -0.2) is 54.7 Å². The molecule has 7 heteroatoms. The SMILES string of the molecule is O[C@@H]1COC(c2ccccc2)O[C@H]1[C@@H]1OC(c2ccccc2)OC[C@H]1OCCCCCCBr. The number of rotatable bonds is 10. The van der Waals surface area contributed by atoms with Crippen molar-refractivity contribution in [3.8, 4) is 0 Å². The molecule has 6 nitrogen and oxygen atoms in total. The Bertz CT molecular complexity index is 807. The molecule has 0 saturated carbocycles. The number of benzene rings is 2. The van der Waals surface area contributed by atoms with E-state index in [2.05, 4.69) is 15.9 Å². The smallest absolute Gasteiger partial charge is 0.184 e. The number of aliphatic hydroxyl groups is 1. The predicted octanol–water partition coefficient (Wildman–Crippen LogP) is 4.92. The van der Waals surface area contributed by atoms with Gasteiger partial charge in [-0.25, -0.2) is 0 Å². The first kappa shape index (κ1) is 24.8. The fraction of sp³-hybridized carbons (Fsp3) is 0.538. The van der Waals surface area contributed by atoms with Gasteiger partial charge in [0, 0.05) is 23.1 Å². The van der Waals surface area contributed by atoms with Crippen LogP contribution >= 0.6 is 15.9 Å². The summed E-state index contributed by atoms with van der Waals surface area (Å²) in [7, 11) is 0. The monoisotopic (exact) mass is 520 g/mol. The average Bonchev–Trinajstić information content (AvgIpc) is 2.87. The first-order valence-corrected chi connectivity index (χ1v) is 12.9. The quantitative estimate of drug-likeness (QED) is 0.354. The van der Waals surface area contributed by atoms with Gasteiger partial charge in [-0.1, -0.05) is 89.4 Å². The van der Waals surface area contributed by atoms with Gasteiger partial charge in [0.25, 0.3) is 0 Å². The summed E-state index contributed by atoms with van der Waals surface area (Å²) < 4.78 is 30.6. The summed E-state index contributed by atoms with van der Waals surface area (Å²) in [5.41, 5.74) is 1.84. The molecule has 2 aliphatic rings. The minimum Gasteiger partial charge on any atom is -0.388 e. The van der Waals surface area contributed by atoms with E-state index >= 15 is 0 Å². The molecular formula is C26H33BrO6. The van der Waals surface area contributed by atoms with Gasteiger partial charge in [0.2, 0.25) is 0 Å². The molecular weight excluding hydrogens is 488 g/mol. The van der Waals surface area contributed by atoms with Gasteiger partial charge >= 0.3 is 0 Å². The summed E-state index contributed by atoms with van der Waals surface area (Å²) >= 11 is 3.47. The van der Waals surface area contributed by atoms with Crippen LogP contribution in [0.2, 0.25) is 0 Å². The molecule has 180 valence electrons. The summed E-state index contributed by atoms with van der Waals surface area (Å²) in [4.78, 5) is 0. The van der Waals surface area contributed by atoms with Crippen LogP contribution < -0.4 is 0 Å². The molecule has 4 rings (SSSR count). The van der Waals surface area contributed by atoms with Crippen LogP contribution in [0.4, 0.5) is 0 Å². The molecule has 0 aromatic heterocycles. The van der Waals surface area contributed by atoms with Crippen molar-refractivity contribution in [2.24, 2.45) is 0 Å². The Balaban J connectivity index is 1.45. The second kappa shape index (κ2) is 13.0. The lowest BCUT2D eigenvalue weighted by molar-refractivity contribution is -0.335. The number of hydrogen-bond donors (Lipinski definition) is 1. The number of halogens is 1. The van der Waals surface area contributed by atoms with Gasteiger partial charge in [0.1, 0.15) is 24.4 Å². The van der Waals surface area contributed by atoms with Crippen molar-refractivity contribution in [1.82, 2.24) is 0 Å². The molecule has 1 N–H and O–H groups in total. The zero-order valence-electron chi connectivity index (χ0n) is 18.8. The first-order valence-electron chi connectivity index (χ1n) is 11.8. The van der Waals surface area contributed by atoms with Crippen molar-refractivity contribution in [3.05, 3.63) is 71.8 Å². The van der Waals surface area contributed by atoms with Crippen LogP contribution in [0.3, 0.4) is 0 Å². The Morgan fingerprint density at radius 2 is 1.33 bits per heavy atom. The lowest BCUT2D eigenvalue weighted by atomic mass is 10.00. The highest BCUT2D eigenvalue weighted by atomic mass is 79.9. The van der Waals surface area contributed by atoms with Crippen molar-refractivity contribution >= 4 is 15.9 Å². The third-order valence-electron chi connectivity index (χ3n) is 5.96. The summed E-state index contributed by atoms with van der Waals surface area (Å²) in [5.74, 6) is 0. The predicted molar refractivity (Wildman–Crippen MR) is 128 cm³/mol. The van der Waals surface area contributed by atoms with Crippen LogP contribution in [0, 0.1) is 0 Å². The van der Waals surface area contributed by atoms with Gasteiger partial charge in [0.15, 0.2) is 12.6 Å². The van der Waals surface area contributed by atoms with E-state index in [-0.39, 0.29) is 12.7 Å². The normalized spacial score (nSPS) is 30.2. The van der Waals surface area contributed by atoms with E-state index in [9.17, 15) is 5.11 Å². The molecule has 33 heavy (non-hydrogen) atoms. The van der Waals surface area contributed by atoms with E-state index in [0.717, 1.165) is 29.3 Å². The lowest BCUT2D eigenvalue weighted by Crippen LogP contribution is -2.56. The number of unbranched alkanes of at least 4 members (excludes halogenated alkanes) is 3. The maximum absolute atomic E-state index is 10.8. The fourth-order valence-electron chi connectivity index (χ4n) is 4.18. The molecule has 0 bridgehead atoms. The van der Waals surface area contributed by atoms with Crippen molar-refractivity contribution in [3.63, 3.8) is 0 Å². The molecule has 0 aliphatic carbocycles. The van der Waals surface area contributed by atoms with E-state index in [4.69, 9.17) is 23.7 Å². The molecule has 2 unspecified atom stereocenters. The van der Waals surface area contributed by atoms with Gasteiger partial charge in [-0.05, 0) is 12.8 Å². The van der Waals surface area contributed by atoms with Crippen LogP contribution in [0.25, 0.3) is 0 Å². The standard InChI is InChI=1S/C26H33BrO6/c27-15-9-1-2-10-16-29-22-18-31-26(20-13-7-4-8-14-20)33-24(22)23-21(28)17-30-25(32-23)19-11-5-3-6-12-19/h3-8,11-14,21-26,28H,1-2,9-10,15-18H2/t21-,22-,23-,24-,25?,26?/m1/s1. The largest absolute Gasteiger partial charge is 0.388 e. The highest BCUT2D eigenvalue weighted by Crippen LogP contribution is 2.35. The molecule has 2 heterocycles. The third-order valence-corrected chi connectivity index (χ3v) is 6.53. The topological polar surface area (TPSA) is 66.4 Å². The van der Waals surface area contributed by atoms with E-state index in [1.807, 2.05) is 60.7 Å². The summed E-state index contributed by atoms with van der Waals surface area (Å²) in [5, 5.41) is 11.8. The molecule has 2 aromatic rings. The second-order valence-electron chi connectivity index (χ2n) is 8.43. The molecule has 0 radical (unpaired) electrons. The van der Waals surface area contributed by atoms with Crippen molar-refractivity contribution < 1.29 is 28.8 Å². The third kappa shape index (κ3) is 6.85. The molecule has 2 saturated heterocycles. The molecule has 0 amide bonds. The number of ether oxygens (including phenoxy) is 5. The highest BCUT2D eigenvalue weighted by Gasteiger charge is 2.45. The van der Waals surface area contributed by atoms with Crippen LogP contribution in [0.1, 0.15) is 49.4 Å². The van der Waals surface area contributed by atoms with Crippen LogP contribution in [0.5, 0.6) is 0 Å². The molecule has 2 aromatic carbocycles. The zero-order valence-corrected chi connectivity index (χ0v) is 20.3. The Hall–Kier alpha value is -1.32. The van der Waals surface area contributed by atoms with Gasteiger partial charge in [-0.2, -0.15) is 0 Å². The maximum atomic E-state index is 10.8. The zero-order chi connectivity index (χ0) is 22.9. The van der Waals surface area contributed by atoms with Crippen LogP contribution in [-0.2, 0) is 23.7 Å². The molecule has 2 aliphatic heterocycles. The average molecular weight is 521 g/mol. The number of hydrogen-bond acceptors (Lipinski definition) is 6. The van der Waals surface area contributed by atoms with E-state index < -0.39 is 30.9 Å². The van der Waals surface area contributed by atoms with Crippen molar-refractivity contribution in [2.75, 3.05) is 25.2 Å². The Kier molecular flexibility index (Phi) is 9.73. The fourth-order valence-corrected chi connectivity index (χ4v) is 4.58. The Labute approximate surface area is 204 Å². The molecule has 6 atom stereocenters. The summed E-state index contributed by atoms with van der Waals surface area (Å²) in [6.07, 6.45) is 1.08. The first-order chi connectivity index (χ1) is 16.3. The van der Waals surface area contributed by atoms with Gasteiger partial charge in [-0.15, -0.1) is 0 Å². The van der Waals surface area contributed by atoms with Gasteiger partial charge in [0.05, 0.1) is 13.2 Å². The summed E-state index contributed by atoms with van der Waals surface area (Å²) in [6, 6.07) is 19.6.